The molecule has 0 saturated heterocycles. The summed E-state index contributed by atoms with van der Waals surface area (Å²) in [7, 11) is 1.30. The molecule has 1 rings (SSSR count). The molecule has 98 valence electrons. The molecule has 1 aromatic rings. The minimum atomic E-state index is -0.617. The molecule has 1 atom stereocenters. The molecule has 1 aromatic carbocycles. The van der Waals surface area contributed by atoms with Crippen molar-refractivity contribution < 1.29 is 14.3 Å². The number of rotatable bonds is 5. The van der Waals surface area contributed by atoms with Crippen LogP contribution in [0.2, 0.25) is 0 Å². The molecule has 0 bridgehead atoms. The zero-order chi connectivity index (χ0) is 13.5. The molecule has 1 amide bonds. The molecule has 0 aliphatic carbocycles. The predicted octanol–water partition coefficient (Wildman–Crippen LogP) is 1.34. The van der Waals surface area contributed by atoms with Gasteiger partial charge in [0, 0.05) is 11.3 Å². The molecule has 0 aromatic heterocycles. The number of nitrogen functional groups attached to an aromatic ring is 1. The van der Waals surface area contributed by atoms with E-state index in [1.54, 1.807) is 24.3 Å². The van der Waals surface area contributed by atoms with Gasteiger partial charge in [0.1, 0.15) is 6.04 Å². The Kier molecular flexibility index (Phi) is 5.17. The summed E-state index contributed by atoms with van der Waals surface area (Å²) in [5.41, 5.74) is 6.54. The van der Waals surface area contributed by atoms with Gasteiger partial charge >= 0.3 is 5.97 Å². The van der Waals surface area contributed by atoms with Crippen LogP contribution >= 0.6 is 0 Å². The van der Waals surface area contributed by atoms with E-state index in [2.05, 4.69) is 10.1 Å². The number of anilines is 1. The summed E-state index contributed by atoms with van der Waals surface area (Å²) in [6.07, 6.45) is 1.32. The average molecular weight is 250 g/mol. The molecule has 0 fully saturated rings. The van der Waals surface area contributed by atoms with Gasteiger partial charge in [-0.15, -0.1) is 0 Å². The van der Waals surface area contributed by atoms with Crippen molar-refractivity contribution >= 4 is 17.6 Å². The first kappa shape index (κ1) is 14.0. The first-order valence-corrected chi connectivity index (χ1v) is 5.82. The Morgan fingerprint density at radius 3 is 2.72 bits per heavy atom. The lowest BCUT2D eigenvalue weighted by Gasteiger charge is -2.15. The van der Waals surface area contributed by atoms with E-state index >= 15 is 0 Å². The number of carbonyl (C=O) groups excluding carboxylic acids is 2. The number of hydrogen-bond donors (Lipinski definition) is 2. The van der Waals surface area contributed by atoms with Gasteiger partial charge in [-0.25, -0.2) is 4.79 Å². The van der Waals surface area contributed by atoms with Crippen molar-refractivity contribution in [2.75, 3.05) is 12.8 Å². The molecule has 0 saturated carbocycles. The van der Waals surface area contributed by atoms with Crippen LogP contribution in [0, 0.1) is 0 Å². The number of benzene rings is 1. The van der Waals surface area contributed by atoms with Crippen LogP contribution in [0.15, 0.2) is 24.3 Å². The highest BCUT2D eigenvalue weighted by Gasteiger charge is 2.20. The third-order valence-electron chi connectivity index (χ3n) is 2.52. The molecule has 0 heterocycles. The highest BCUT2D eigenvalue weighted by atomic mass is 16.5. The molecule has 0 aliphatic heterocycles. The van der Waals surface area contributed by atoms with Crippen LogP contribution < -0.4 is 11.1 Å². The zero-order valence-corrected chi connectivity index (χ0v) is 10.6. The summed E-state index contributed by atoms with van der Waals surface area (Å²) in [4.78, 5) is 23.4. The number of methoxy groups -OCH3 is 1. The normalized spacial score (nSPS) is 11.7. The quantitative estimate of drug-likeness (QED) is 0.610. The standard InChI is InChI=1S/C13H18N2O3/c1-3-5-11(13(17)18-2)15-12(16)9-6-4-7-10(14)8-9/h4,6-8,11H,3,5,14H2,1-2H3,(H,15,16)/t11-/m1/s1. The molecular weight excluding hydrogens is 232 g/mol. The van der Waals surface area contributed by atoms with Gasteiger partial charge in [-0.1, -0.05) is 19.4 Å². The Bertz CT molecular complexity index is 432. The van der Waals surface area contributed by atoms with Gasteiger partial charge in [0.2, 0.25) is 0 Å². The molecule has 0 spiro atoms. The molecule has 5 heteroatoms. The van der Waals surface area contributed by atoms with E-state index < -0.39 is 12.0 Å². The fraction of sp³-hybridized carbons (Fsp3) is 0.385. The smallest absolute Gasteiger partial charge is 0.328 e. The lowest BCUT2D eigenvalue weighted by Crippen LogP contribution is -2.41. The van der Waals surface area contributed by atoms with Crippen LogP contribution in [0.1, 0.15) is 30.1 Å². The van der Waals surface area contributed by atoms with Crippen LogP contribution in [0.25, 0.3) is 0 Å². The van der Waals surface area contributed by atoms with Gasteiger partial charge in [-0.3, -0.25) is 4.79 Å². The average Bonchev–Trinajstić information content (AvgIpc) is 2.37. The number of carbonyl (C=O) groups is 2. The highest BCUT2D eigenvalue weighted by molar-refractivity contribution is 5.97. The summed E-state index contributed by atoms with van der Waals surface area (Å²) < 4.78 is 4.65. The van der Waals surface area contributed by atoms with E-state index in [0.717, 1.165) is 6.42 Å². The lowest BCUT2D eigenvalue weighted by atomic mass is 10.1. The number of ether oxygens (including phenoxy) is 1. The van der Waals surface area contributed by atoms with Crippen molar-refractivity contribution in [3.63, 3.8) is 0 Å². The van der Waals surface area contributed by atoms with Gasteiger partial charge in [0.15, 0.2) is 0 Å². The second kappa shape index (κ2) is 6.64. The van der Waals surface area contributed by atoms with Gasteiger partial charge in [0.05, 0.1) is 7.11 Å². The van der Waals surface area contributed by atoms with Crippen LogP contribution in [-0.2, 0) is 9.53 Å². The summed E-state index contributed by atoms with van der Waals surface area (Å²) in [5, 5.41) is 2.64. The van der Waals surface area contributed by atoms with E-state index in [4.69, 9.17) is 5.73 Å². The Morgan fingerprint density at radius 1 is 1.44 bits per heavy atom. The monoisotopic (exact) mass is 250 g/mol. The van der Waals surface area contributed by atoms with E-state index in [1.807, 2.05) is 6.92 Å². The van der Waals surface area contributed by atoms with Gasteiger partial charge in [-0.05, 0) is 24.6 Å². The Balaban J connectivity index is 2.75. The van der Waals surface area contributed by atoms with Gasteiger partial charge < -0.3 is 15.8 Å². The van der Waals surface area contributed by atoms with Crippen molar-refractivity contribution in [3.8, 4) is 0 Å². The summed E-state index contributed by atoms with van der Waals surface area (Å²) >= 11 is 0. The number of amides is 1. The molecule has 5 nitrogen and oxygen atoms in total. The second-order valence-electron chi connectivity index (χ2n) is 3.96. The maximum absolute atomic E-state index is 11.9. The number of esters is 1. The van der Waals surface area contributed by atoms with Crippen molar-refractivity contribution in [1.29, 1.82) is 0 Å². The highest BCUT2D eigenvalue weighted by Crippen LogP contribution is 2.08. The summed E-state index contributed by atoms with van der Waals surface area (Å²) in [6, 6.07) is 5.98. The van der Waals surface area contributed by atoms with E-state index in [-0.39, 0.29) is 5.91 Å². The molecule has 0 aliphatic rings. The number of nitrogens with two attached hydrogens (primary N) is 1. The minimum absolute atomic E-state index is 0.328. The topological polar surface area (TPSA) is 81.4 Å². The molecular formula is C13H18N2O3. The first-order valence-electron chi connectivity index (χ1n) is 5.82. The molecule has 0 unspecified atom stereocenters. The van der Waals surface area contributed by atoms with Crippen LogP contribution in [-0.4, -0.2) is 25.0 Å². The number of hydrogen-bond acceptors (Lipinski definition) is 4. The Hall–Kier alpha value is -2.04. The van der Waals surface area contributed by atoms with Crippen molar-refractivity contribution in [2.24, 2.45) is 0 Å². The third kappa shape index (κ3) is 3.76. The Morgan fingerprint density at radius 2 is 2.17 bits per heavy atom. The van der Waals surface area contributed by atoms with Crippen LogP contribution in [0.4, 0.5) is 5.69 Å². The Labute approximate surface area is 106 Å². The molecule has 18 heavy (non-hydrogen) atoms. The first-order chi connectivity index (χ1) is 8.58. The second-order valence-corrected chi connectivity index (χ2v) is 3.96. The van der Waals surface area contributed by atoms with Gasteiger partial charge in [-0.2, -0.15) is 0 Å². The summed E-state index contributed by atoms with van der Waals surface area (Å²) in [5.74, 6) is -0.764. The fourth-order valence-corrected chi connectivity index (χ4v) is 1.60. The van der Waals surface area contributed by atoms with Gasteiger partial charge in [0.25, 0.3) is 5.91 Å². The van der Waals surface area contributed by atoms with Crippen molar-refractivity contribution in [3.05, 3.63) is 29.8 Å². The fourth-order valence-electron chi connectivity index (χ4n) is 1.60. The van der Waals surface area contributed by atoms with Crippen molar-refractivity contribution in [1.82, 2.24) is 5.32 Å². The van der Waals surface area contributed by atoms with Crippen LogP contribution in [0.5, 0.6) is 0 Å². The van der Waals surface area contributed by atoms with E-state index in [1.165, 1.54) is 7.11 Å². The zero-order valence-electron chi connectivity index (χ0n) is 10.6. The maximum Gasteiger partial charge on any atom is 0.328 e. The summed E-state index contributed by atoms with van der Waals surface area (Å²) in [6.45, 7) is 1.93. The molecule has 0 radical (unpaired) electrons. The van der Waals surface area contributed by atoms with E-state index in [0.29, 0.717) is 17.7 Å². The number of nitrogens with one attached hydrogen (secondary N) is 1. The maximum atomic E-state index is 11.9. The van der Waals surface area contributed by atoms with Crippen LogP contribution in [0.3, 0.4) is 0 Å². The predicted molar refractivity (Wildman–Crippen MR) is 69.0 cm³/mol. The SMILES string of the molecule is CCC[C@@H](NC(=O)c1cccc(N)c1)C(=O)OC. The third-order valence-corrected chi connectivity index (χ3v) is 2.52. The largest absolute Gasteiger partial charge is 0.467 e. The van der Waals surface area contributed by atoms with E-state index in [9.17, 15) is 9.59 Å². The van der Waals surface area contributed by atoms with Crippen molar-refractivity contribution in [2.45, 2.75) is 25.8 Å². The molecule has 3 N–H and O–H groups in total. The lowest BCUT2D eigenvalue weighted by molar-refractivity contribution is -0.143. The minimum Gasteiger partial charge on any atom is -0.467 e.